The summed E-state index contributed by atoms with van der Waals surface area (Å²) >= 11 is 0. The molecule has 2 aromatic heterocycles. The summed E-state index contributed by atoms with van der Waals surface area (Å²) in [4.78, 5) is 27.4. The van der Waals surface area contributed by atoms with Gasteiger partial charge in [0.05, 0.1) is 0 Å². The number of ether oxygens (including phenoxy) is 1. The second-order valence-electron chi connectivity index (χ2n) is 8.75. The van der Waals surface area contributed by atoms with Gasteiger partial charge in [0.25, 0.3) is 0 Å². The number of pyridine rings is 1. The predicted molar refractivity (Wildman–Crippen MR) is 119 cm³/mol. The molecule has 0 fully saturated rings. The highest BCUT2D eigenvalue weighted by Gasteiger charge is 2.27. The number of fused-ring (bicyclic) bond motifs is 1. The van der Waals surface area contributed by atoms with Crippen molar-refractivity contribution in [3.05, 3.63) is 71.2 Å². The number of aromatic nitrogens is 3. The molecular formula is C24H27N5O2. The lowest BCUT2D eigenvalue weighted by molar-refractivity contribution is 0.0242. The summed E-state index contributed by atoms with van der Waals surface area (Å²) in [5, 5.41) is 3.39. The minimum Gasteiger partial charge on any atom is -0.444 e. The van der Waals surface area contributed by atoms with Crippen LogP contribution in [0.3, 0.4) is 0 Å². The number of rotatable bonds is 4. The lowest BCUT2D eigenvalue weighted by Gasteiger charge is -2.24. The maximum atomic E-state index is 12.4. The third-order valence-electron chi connectivity index (χ3n) is 4.89. The van der Waals surface area contributed by atoms with Crippen LogP contribution in [0.1, 0.15) is 43.2 Å². The van der Waals surface area contributed by atoms with E-state index < -0.39 is 5.60 Å². The van der Waals surface area contributed by atoms with Gasteiger partial charge < -0.3 is 10.1 Å². The molecule has 7 nitrogen and oxygen atoms in total. The van der Waals surface area contributed by atoms with Crippen LogP contribution in [0.25, 0.3) is 11.4 Å². The number of anilines is 1. The van der Waals surface area contributed by atoms with Crippen LogP contribution >= 0.6 is 0 Å². The fourth-order valence-electron chi connectivity index (χ4n) is 3.49. The van der Waals surface area contributed by atoms with Crippen molar-refractivity contribution in [3.63, 3.8) is 0 Å². The zero-order chi connectivity index (χ0) is 22.0. The normalized spacial score (nSPS) is 13.1. The third kappa shape index (κ3) is 5.17. The van der Waals surface area contributed by atoms with Crippen molar-refractivity contribution >= 4 is 11.9 Å². The number of benzene rings is 1. The Morgan fingerprint density at radius 2 is 1.94 bits per heavy atom. The highest BCUT2D eigenvalue weighted by molar-refractivity contribution is 5.69. The van der Waals surface area contributed by atoms with E-state index in [1.165, 1.54) is 0 Å². The average molecular weight is 418 g/mol. The Hall–Kier alpha value is -3.48. The van der Waals surface area contributed by atoms with E-state index in [-0.39, 0.29) is 6.09 Å². The Bertz CT molecular complexity index is 1090. The van der Waals surface area contributed by atoms with Gasteiger partial charge in [-0.1, -0.05) is 18.2 Å². The van der Waals surface area contributed by atoms with Crippen LogP contribution in [0, 0.1) is 6.92 Å². The van der Waals surface area contributed by atoms with Gasteiger partial charge in [-0.3, -0.25) is 9.88 Å². The molecule has 0 saturated carbocycles. The van der Waals surface area contributed by atoms with E-state index in [9.17, 15) is 4.79 Å². The molecule has 3 heterocycles. The van der Waals surface area contributed by atoms with Crippen LogP contribution < -0.4 is 5.32 Å². The Morgan fingerprint density at radius 3 is 2.68 bits per heavy atom. The SMILES string of the molecule is Cc1cc(NCc2ccc3c(c2)CN(C(=O)OC(C)(C)C)C3)nc(-c2cccnc2)n1. The van der Waals surface area contributed by atoms with E-state index in [0.29, 0.717) is 25.5 Å². The van der Waals surface area contributed by atoms with Crippen LogP contribution in [0.4, 0.5) is 10.6 Å². The van der Waals surface area contributed by atoms with Crippen molar-refractivity contribution in [3.8, 4) is 11.4 Å². The fourth-order valence-corrected chi connectivity index (χ4v) is 3.49. The van der Waals surface area contributed by atoms with E-state index in [2.05, 4.69) is 38.5 Å². The molecule has 0 spiro atoms. The standard InChI is InChI=1S/C24H27N5O2/c1-16-10-21(28-22(27-16)18-6-5-9-25-13-18)26-12-17-7-8-19-14-29(15-20(19)11-17)23(30)31-24(2,3)4/h5-11,13H,12,14-15H2,1-4H3,(H,26,27,28). The Labute approximate surface area is 182 Å². The molecule has 0 aliphatic carbocycles. The lowest BCUT2D eigenvalue weighted by Crippen LogP contribution is -2.33. The second kappa shape index (κ2) is 8.34. The number of carbonyl (C=O) groups excluding carboxylic acids is 1. The number of aryl methyl sites for hydroxylation is 1. The van der Waals surface area contributed by atoms with Crippen molar-refractivity contribution in [2.45, 2.75) is 52.9 Å². The molecule has 0 atom stereocenters. The van der Waals surface area contributed by atoms with E-state index in [1.807, 2.05) is 45.9 Å². The molecule has 1 aliphatic heterocycles. The summed E-state index contributed by atoms with van der Waals surface area (Å²) in [7, 11) is 0. The number of nitrogens with one attached hydrogen (secondary N) is 1. The molecule has 1 aromatic carbocycles. The van der Waals surface area contributed by atoms with E-state index in [1.54, 1.807) is 17.3 Å². The molecule has 3 aromatic rings. The Balaban J connectivity index is 1.43. The van der Waals surface area contributed by atoms with Crippen molar-refractivity contribution in [2.75, 3.05) is 5.32 Å². The highest BCUT2D eigenvalue weighted by Crippen LogP contribution is 2.26. The molecule has 160 valence electrons. The first-order chi connectivity index (χ1) is 14.8. The number of nitrogens with zero attached hydrogens (tertiary/aromatic N) is 4. The van der Waals surface area contributed by atoms with Crippen LogP contribution in [0.2, 0.25) is 0 Å². The van der Waals surface area contributed by atoms with Gasteiger partial charge in [0.2, 0.25) is 0 Å². The first kappa shape index (κ1) is 20.8. The van der Waals surface area contributed by atoms with Crippen molar-refractivity contribution < 1.29 is 9.53 Å². The Kier molecular flexibility index (Phi) is 5.59. The second-order valence-corrected chi connectivity index (χ2v) is 8.75. The maximum absolute atomic E-state index is 12.4. The molecule has 1 N–H and O–H groups in total. The molecule has 0 saturated heterocycles. The van der Waals surface area contributed by atoms with E-state index >= 15 is 0 Å². The summed E-state index contributed by atoms with van der Waals surface area (Å²) in [5.74, 6) is 1.42. The minimum atomic E-state index is -0.495. The van der Waals surface area contributed by atoms with Gasteiger partial charge >= 0.3 is 6.09 Å². The number of amides is 1. The number of hydrogen-bond donors (Lipinski definition) is 1. The summed E-state index contributed by atoms with van der Waals surface area (Å²) in [6.45, 7) is 9.37. The van der Waals surface area contributed by atoms with Gasteiger partial charge in [-0.25, -0.2) is 14.8 Å². The number of hydrogen-bond acceptors (Lipinski definition) is 6. The average Bonchev–Trinajstić information content (AvgIpc) is 3.15. The minimum absolute atomic E-state index is 0.275. The topological polar surface area (TPSA) is 80.2 Å². The van der Waals surface area contributed by atoms with Gasteiger partial charge in [0, 0.05) is 49.4 Å². The van der Waals surface area contributed by atoms with E-state index in [4.69, 9.17) is 4.74 Å². The predicted octanol–water partition coefficient (Wildman–Crippen LogP) is 4.71. The molecule has 1 aliphatic rings. The fraction of sp³-hybridized carbons (Fsp3) is 0.333. The summed E-state index contributed by atoms with van der Waals surface area (Å²) < 4.78 is 5.50. The first-order valence-corrected chi connectivity index (χ1v) is 10.4. The first-order valence-electron chi connectivity index (χ1n) is 10.4. The smallest absolute Gasteiger partial charge is 0.410 e. The molecule has 0 bridgehead atoms. The van der Waals surface area contributed by atoms with Crippen LogP contribution in [-0.4, -0.2) is 31.5 Å². The molecule has 31 heavy (non-hydrogen) atoms. The Morgan fingerprint density at radius 1 is 1.13 bits per heavy atom. The van der Waals surface area contributed by atoms with Crippen molar-refractivity contribution in [2.24, 2.45) is 0 Å². The largest absolute Gasteiger partial charge is 0.444 e. The third-order valence-corrected chi connectivity index (χ3v) is 4.89. The molecule has 4 rings (SSSR count). The lowest BCUT2D eigenvalue weighted by atomic mass is 10.1. The summed E-state index contributed by atoms with van der Waals surface area (Å²) in [6, 6.07) is 12.1. The quantitative estimate of drug-likeness (QED) is 0.662. The van der Waals surface area contributed by atoms with Gasteiger partial charge in [0.1, 0.15) is 11.4 Å². The van der Waals surface area contributed by atoms with Gasteiger partial charge in [0.15, 0.2) is 5.82 Å². The summed E-state index contributed by atoms with van der Waals surface area (Å²) in [5.41, 5.74) is 4.72. The van der Waals surface area contributed by atoms with Gasteiger partial charge in [-0.15, -0.1) is 0 Å². The monoisotopic (exact) mass is 417 g/mol. The van der Waals surface area contributed by atoms with Gasteiger partial charge in [-0.05, 0) is 56.5 Å². The molecule has 7 heteroatoms. The maximum Gasteiger partial charge on any atom is 0.410 e. The zero-order valence-corrected chi connectivity index (χ0v) is 18.3. The summed E-state index contributed by atoms with van der Waals surface area (Å²) in [6.07, 6.45) is 3.22. The van der Waals surface area contributed by atoms with Crippen LogP contribution in [-0.2, 0) is 24.4 Å². The molecular weight excluding hydrogens is 390 g/mol. The molecule has 1 amide bonds. The molecule has 0 radical (unpaired) electrons. The van der Waals surface area contributed by atoms with Gasteiger partial charge in [-0.2, -0.15) is 0 Å². The van der Waals surface area contributed by atoms with Crippen molar-refractivity contribution in [1.82, 2.24) is 19.9 Å². The van der Waals surface area contributed by atoms with Crippen molar-refractivity contribution in [1.29, 1.82) is 0 Å². The highest BCUT2D eigenvalue weighted by atomic mass is 16.6. The van der Waals surface area contributed by atoms with E-state index in [0.717, 1.165) is 33.8 Å². The zero-order valence-electron chi connectivity index (χ0n) is 18.3. The molecule has 0 unspecified atom stereocenters. The van der Waals surface area contributed by atoms with Crippen LogP contribution in [0.15, 0.2) is 48.8 Å². The number of carbonyl (C=O) groups is 1. The van der Waals surface area contributed by atoms with Crippen LogP contribution in [0.5, 0.6) is 0 Å².